The van der Waals surface area contributed by atoms with E-state index in [9.17, 15) is 4.79 Å². The van der Waals surface area contributed by atoms with Crippen LogP contribution in [-0.4, -0.2) is 42.0 Å². The molecule has 2 aliphatic heterocycles. The minimum atomic E-state index is 0.0168. The zero-order valence-electron chi connectivity index (χ0n) is 6.12. The lowest BCUT2D eigenvalue weighted by atomic mass is 10.2. The third kappa shape index (κ3) is 1.23. The van der Waals surface area contributed by atoms with Crippen LogP contribution in [0.5, 0.6) is 0 Å². The normalized spacial score (nSPS) is 32.6. The number of likely N-dealkylation sites (tertiary alicyclic amines) is 1. The molecule has 0 bridgehead atoms. The van der Waals surface area contributed by atoms with Crippen molar-refractivity contribution in [3.05, 3.63) is 0 Å². The van der Waals surface area contributed by atoms with E-state index in [4.69, 9.17) is 16.3 Å². The summed E-state index contributed by atoms with van der Waals surface area (Å²) in [5.41, 5.74) is 0. The van der Waals surface area contributed by atoms with Crippen LogP contribution in [0.25, 0.3) is 0 Å². The Kier molecular flexibility index (Phi) is 1.77. The van der Waals surface area contributed by atoms with Gasteiger partial charge >= 0.3 is 0 Å². The van der Waals surface area contributed by atoms with Gasteiger partial charge in [-0.05, 0) is 0 Å². The minimum absolute atomic E-state index is 0.0168. The molecule has 0 saturated carbocycles. The van der Waals surface area contributed by atoms with Gasteiger partial charge in [0.2, 0.25) is 5.91 Å². The monoisotopic (exact) mass is 175 g/mol. The Balaban J connectivity index is 1.97. The van der Waals surface area contributed by atoms with Crippen LogP contribution in [0.2, 0.25) is 0 Å². The molecule has 3 nitrogen and oxygen atoms in total. The maximum Gasteiger partial charge on any atom is 0.224 e. The molecule has 0 spiro atoms. The molecule has 1 atom stereocenters. The maximum atomic E-state index is 11.2. The lowest BCUT2D eigenvalue weighted by Gasteiger charge is -2.34. The lowest BCUT2D eigenvalue weighted by molar-refractivity contribution is -0.139. The number of nitrogens with zero attached hydrogens (tertiary/aromatic N) is 1. The molecule has 0 N–H and O–H groups in total. The summed E-state index contributed by atoms with van der Waals surface area (Å²) in [7, 11) is 0. The molecule has 4 heteroatoms. The van der Waals surface area contributed by atoms with E-state index in [1.807, 2.05) is 4.90 Å². The van der Waals surface area contributed by atoms with Crippen molar-refractivity contribution in [2.75, 3.05) is 19.8 Å². The molecule has 1 amide bonds. The highest BCUT2D eigenvalue weighted by Gasteiger charge is 2.36. The van der Waals surface area contributed by atoms with Gasteiger partial charge in [-0.25, -0.2) is 0 Å². The van der Waals surface area contributed by atoms with Crippen LogP contribution >= 0.6 is 11.6 Å². The van der Waals surface area contributed by atoms with Crippen LogP contribution < -0.4 is 0 Å². The van der Waals surface area contributed by atoms with E-state index in [1.54, 1.807) is 0 Å². The zero-order valence-corrected chi connectivity index (χ0v) is 6.88. The highest BCUT2D eigenvalue weighted by molar-refractivity contribution is 6.22. The van der Waals surface area contributed by atoms with Crippen molar-refractivity contribution in [3.63, 3.8) is 0 Å². The van der Waals surface area contributed by atoms with Gasteiger partial charge in [0, 0.05) is 13.0 Å². The Morgan fingerprint density at radius 2 is 2.27 bits per heavy atom. The van der Waals surface area contributed by atoms with Gasteiger partial charge in [-0.1, -0.05) is 0 Å². The Morgan fingerprint density at radius 3 is 2.64 bits per heavy atom. The molecule has 2 aliphatic rings. The van der Waals surface area contributed by atoms with Gasteiger partial charge in [0.1, 0.15) is 0 Å². The predicted octanol–water partition coefficient (Wildman–Crippen LogP) is 0.225. The molecule has 2 rings (SSSR count). The number of carbonyl (C=O) groups excluding carboxylic acids is 1. The van der Waals surface area contributed by atoms with Crippen molar-refractivity contribution >= 4 is 17.5 Å². The van der Waals surface area contributed by atoms with Crippen LogP contribution in [0.3, 0.4) is 0 Å². The average Bonchev–Trinajstić information content (AvgIpc) is 2.07. The average molecular weight is 176 g/mol. The Morgan fingerprint density at radius 1 is 1.55 bits per heavy atom. The van der Waals surface area contributed by atoms with Crippen LogP contribution in [0.4, 0.5) is 0 Å². The quantitative estimate of drug-likeness (QED) is 0.534. The number of carbonyl (C=O) groups is 1. The Labute approximate surface area is 70.3 Å². The van der Waals surface area contributed by atoms with Crippen LogP contribution in [0.15, 0.2) is 0 Å². The second-order valence-corrected chi connectivity index (χ2v) is 3.66. The van der Waals surface area contributed by atoms with Crippen molar-refractivity contribution < 1.29 is 9.53 Å². The van der Waals surface area contributed by atoms with Crippen molar-refractivity contribution in [3.8, 4) is 0 Å². The van der Waals surface area contributed by atoms with Gasteiger partial charge in [-0.15, -0.1) is 11.6 Å². The molecule has 1 unspecified atom stereocenters. The number of amides is 1. The number of rotatable bonds is 1. The van der Waals surface area contributed by atoms with E-state index >= 15 is 0 Å². The molecule has 11 heavy (non-hydrogen) atoms. The first kappa shape index (κ1) is 7.37. The van der Waals surface area contributed by atoms with Gasteiger partial charge in [0.05, 0.1) is 24.6 Å². The van der Waals surface area contributed by atoms with Gasteiger partial charge in [-0.3, -0.25) is 4.79 Å². The first-order chi connectivity index (χ1) is 5.27. The fourth-order valence-electron chi connectivity index (χ4n) is 1.44. The Hall–Kier alpha value is -0.280. The molecule has 0 aromatic rings. The van der Waals surface area contributed by atoms with Crippen molar-refractivity contribution in [1.82, 2.24) is 4.90 Å². The second kappa shape index (κ2) is 2.64. The SMILES string of the molecule is O=C1CC(Cl)CN1C1COC1. The van der Waals surface area contributed by atoms with Crippen LogP contribution in [-0.2, 0) is 9.53 Å². The summed E-state index contributed by atoms with van der Waals surface area (Å²) in [6, 6.07) is 0.311. The summed E-state index contributed by atoms with van der Waals surface area (Å²) in [5.74, 6) is 0.179. The standard InChI is InChI=1S/C7H10ClNO2/c8-5-1-7(10)9(2-5)6-3-11-4-6/h5-6H,1-4H2. The van der Waals surface area contributed by atoms with E-state index in [0.29, 0.717) is 32.2 Å². The first-order valence-electron chi connectivity index (χ1n) is 3.78. The van der Waals surface area contributed by atoms with E-state index in [0.717, 1.165) is 0 Å². The highest BCUT2D eigenvalue weighted by atomic mass is 35.5. The molecule has 0 aromatic carbocycles. The molecule has 62 valence electrons. The van der Waals surface area contributed by atoms with Crippen molar-refractivity contribution in [2.24, 2.45) is 0 Å². The molecule has 2 heterocycles. The summed E-state index contributed by atoms with van der Waals surface area (Å²) in [6.45, 7) is 2.08. The van der Waals surface area contributed by atoms with E-state index in [2.05, 4.69) is 0 Å². The fourth-order valence-corrected chi connectivity index (χ4v) is 1.72. The molecule has 0 aromatic heterocycles. The largest absolute Gasteiger partial charge is 0.377 e. The smallest absolute Gasteiger partial charge is 0.224 e. The van der Waals surface area contributed by atoms with Gasteiger partial charge in [0.15, 0.2) is 0 Å². The summed E-state index contributed by atoms with van der Waals surface area (Å²) < 4.78 is 4.99. The first-order valence-corrected chi connectivity index (χ1v) is 4.22. The van der Waals surface area contributed by atoms with E-state index in [1.165, 1.54) is 0 Å². The van der Waals surface area contributed by atoms with Crippen LogP contribution in [0.1, 0.15) is 6.42 Å². The van der Waals surface area contributed by atoms with E-state index in [-0.39, 0.29) is 11.3 Å². The fraction of sp³-hybridized carbons (Fsp3) is 0.857. The maximum absolute atomic E-state index is 11.2. The molecular weight excluding hydrogens is 166 g/mol. The van der Waals surface area contributed by atoms with Crippen molar-refractivity contribution in [2.45, 2.75) is 17.8 Å². The third-order valence-electron chi connectivity index (χ3n) is 2.17. The van der Waals surface area contributed by atoms with Gasteiger partial charge in [-0.2, -0.15) is 0 Å². The van der Waals surface area contributed by atoms with Crippen LogP contribution in [0, 0.1) is 0 Å². The summed E-state index contributed by atoms with van der Waals surface area (Å²) in [4.78, 5) is 13.0. The lowest BCUT2D eigenvalue weighted by Crippen LogP contribution is -2.49. The number of hydrogen-bond donors (Lipinski definition) is 0. The molecular formula is C7H10ClNO2. The number of alkyl halides is 1. The van der Waals surface area contributed by atoms with Crippen molar-refractivity contribution in [1.29, 1.82) is 0 Å². The molecule has 2 fully saturated rings. The predicted molar refractivity (Wildman–Crippen MR) is 40.6 cm³/mol. The number of halogens is 1. The van der Waals surface area contributed by atoms with Gasteiger partial charge < -0.3 is 9.64 Å². The molecule has 2 saturated heterocycles. The summed E-state index contributed by atoms with van der Waals surface area (Å²) in [6.07, 6.45) is 0.498. The van der Waals surface area contributed by atoms with E-state index < -0.39 is 0 Å². The summed E-state index contributed by atoms with van der Waals surface area (Å²) in [5, 5.41) is 0.0168. The number of ether oxygens (including phenoxy) is 1. The highest BCUT2D eigenvalue weighted by Crippen LogP contribution is 2.21. The molecule has 0 aliphatic carbocycles. The van der Waals surface area contributed by atoms with Gasteiger partial charge in [0.25, 0.3) is 0 Å². The zero-order chi connectivity index (χ0) is 7.84. The number of hydrogen-bond acceptors (Lipinski definition) is 2. The summed E-state index contributed by atoms with van der Waals surface area (Å²) >= 11 is 5.82. The third-order valence-corrected chi connectivity index (χ3v) is 2.46. The Bertz CT molecular complexity index is 181. The minimum Gasteiger partial charge on any atom is -0.377 e. The second-order valence-electron chi connectivity index (χ2n) is 3.04. The topological polar surface area (TPSA) is 29.5 Å². The molecule has 0 radical (unpaired) electrons.